The number of pyridine rings is 1. The summed E-state index contributed by atoms with van der Waals surface area (Å²) in [6, 6.07) is 5.35. The first-order valence-corrected chi connectivity index (χ1v) is 8.40. The summed E-state index contributed by atoms with van der Waals surface area (Å²) in [5, 5.41) is 3.10. The summed E-state index contributed by atoms with van der Waals surface area (Å²) in [6.07, 6.45) is 5.00. The van der Waals surface area contributed by atoms with Crippen molar-refractivity contribution in [1.29, 1.82) is 0 Å². The number of anilines is 1. The van der Waals surface area contributed by atoms with Gasteiger partial charge in [0.25, 0.3) is 0 Å². The quantitative estimate of drug-likeness (QED) is 0.562. The first-order valence-electron chi connectivity index (χ1n) is 8.40. The van der Waals surface area contributed by atoms with Crippen molar-refractivity contribution in [2.45, 2.75) is 13.8 Å². The van der Waals surface area contributed by atoms with Gasteiger partial charge in [-0.3, -0.25) is 4.98 Å². The number of esters is 1. The summed E-state index contributed by atoms with van der Waals surface area (Å²) in [5.74, 6) is 0.980. The molecule has 0 radical (unpaired) electrons. The van der Waals surface area contributed by atoms with E-state index in [0.717, 1.165) is 5.56 Å². The van der Waals surface area contributed by atoms with Gasteiger partial charge in [-0.05, 0) is 49.2 Å². The van der Waals surface area contributed by atoms with Crippen molar-refractivity contribution in [3.63, 3.8) is 0 Å². The number of nitrogens with zero attached hydrogens (tertiary/aromatic N) is 1. The SMILES string of the molecule is CCOC(=O)/C(=C\c1cc(OC)c(OC)c(OC)c1)Nc1cnccc1C. The highest BCUT2D eigenvalue weighted by Crippen LogP contribution is 2.38. The highest BCUT2D eigenvalue weighted by Gasteiger charge is 2.16. The van der Waals surface area contributed by atoms with Crippen LogP contribution in [0, 0.1) is 6.92 Å². The topological polar surface area (TPSA) is 78.9 Å². The number of methoxy groups -OCH3 is 3. The van der Waals surface area contributed by atoms with Gasteiger partial charge in [-0.25, -0.2) is 4.79 Å². The number of carbonyl (C=O) groups excluding carboxylic acids is 1. The molecule has 0 aliphatic carbocycles. The third-order valence-corrected chi connectivity index (χ3v) is 3.80. The fourth-order valence-corrected chi connectivity index (χ4v) is 2.45. The first kappa shape index (κ1) is 20.1. The van der Waals surface area contributed by atoms with Gasteiger partial charge in [0, 0.05) is 6.20 Å². The van der Waals surface area contributed by atoms with E-state index in [1.807, 2.05) is 13.0 Å². The van der Waals surface area contributed by atoms with Crippen LogP contribution in [0.3, 0.4) is 0 Å². The van der Waals surface area contributed by atoms with Crippen molar-refractivity contribution in [2.75, 3.05) is 33.3 Å². The number of hydrogen-bond acceptors (Lipinski definition) is 7. The molecule has 7 heteroatoms. The van der Waals surface area contributed by atoms with Gasteiger partial charge < -0.3 is 24.3 Å². The molecule has 2 aromatic rings. The van der Waals surface area contributed by atoms with E-state index < -0.39 is 5.97 Å². The zero-order chi connectivity index (χ0) is 19.8. The Kier molecular flexibility index (Phi) is 7.05. The number of aryl methyl sites for hydroxylation is 1. The summed E-state index contributed by atoms with van der Waals surface area (Å²) in [7, 11) is 4.61. The molecule has 0 unspecified atom stereocenters. The van der Waals surface area contributed by atoms with Crippen LogP contribution in [0.4, 0.5) is 5.69 Å². The number of ether oxygens (including phenoxy) is 4. The van der Waals surface area contributed by atoms with E-state index >= 15 is 0 Å². The molecule has 2 rings (SSSR count). The van der Waals surface area contributed by atoms with E-state index in [9.17, 15) is 4.79 Å². The van der Waals surface area contributed by atoms with Gasteiger partial charge in [-0.2, -0.15) is 0 Å². The predicted octanol–water partition coefficient (Wildman–Crippen LogP) is 3.43. The Morgan fingerprint density at radius 1 is 1.15 bits per heavy atom. The van der Waals surface area contributed by atoms with Gasteiger partial charge in [0.05, 0.1) is 39.8 Å². The summed E-state index contributed by atoms with van der Waals surface area (Å²) >= 11 is 0. The number of carbonyl (C=O) groups is 1. The van der Waals surface area contributed by atoms with Gasteiger partial charge in [-0.1, -0.05) is 0 Å². The van der Waals surface area contributed by atoms with Crippen molar-refractivity contribution in [3.8, 4) is 17.2 Å². The fourth-order valence-electron chi connectivity index (χ4n) is 2.45. The zero-order valence-electron chi connectivity index (χ0n) is 16.2. The predicted molar refractivity (Wildman–Crippen MR) is 103 cm³/mol. The van der Waals surface area contributed by atoms with Crippen LogP contribution in [0.15, 0.2) is 36.3 Å². The van der Waals surface area contributed by atoms with Crippen LogP contribution in [-0.4, -0.2) is 38.9 Å². The minimum Gasteiger partial charge on any atom is -0.493 e. The van der Waals surface area contributed by atoms with Crippen LogP contribution in [0.25, 0.3) is 6.08 Å². The minimum atomic E-state index is -0.477. The standard InChI is InChI=1S/C20H24N2O5/c1-6-27-20(23)15(22-16-12-21-8-7-13(16)2)9-14-10-17(24-3)19(26-5)18(11-14)25-4/h7-12,22H,6H2,1-5H3/b15-9+. The fraction of sp³-hybridized carbons (Fsp3) is 0.300. The normalized spacial score (nSPS) is 10.9. The van der Waals surface area contributed by atoms with Crippen molar-refractivity contribution in [3.05, 3.63) is 47.4 Å². The highest BCUT2D eigenvalue weighted by molar-refractivity contribution is 5.97. The Labute approximate surface area is 158 Å². The molecule has 0 aliphatic heterocycles. The maximum Gasteiger partial charge on any atom is 0.354 e. The van der Waals surface area contributed by atoms with E-state index in [2.05, 4.69) is 10.3 Å². The van der Waals surface area contributed by atoms with Crippen LogP contribution in [0.2, 0.25) is 0 Å². The minimum absolute atomic E-state index is 0.263. The van der Waals surface area contributed by atoms with E-state index in [1.165, 1.54) is 21.3 Å². The van der Waals surface area contributed by atoms with E-state index in [1.54, 1.807) is 37.5 Å². The lowest BCUT2D eigenvalue weighted by Crippen LogP contribution is -2.15. The van der Waals surface area contributed by atoms with Crippen molar-refractivity contribution in [1.82, 2.24) is 4.98 Å². The number of rotatable bonds is 8. The lowest BCUT2D eigenvalue weighted by atomic mass is 10.1. The maximum absolute atomic E-state index is 12.4. The van der Waals surface area contributed by atoms with E-state index in [0.29, 0.717) is 28.5 Å². The molecular formula is C20H24N2O5. The molecule has 0 saturated heterocycles. The first-order chi connectivity index (χ1) is 13.0. The number of hydrogen-bond donors (Lipinski definition) is 1. The lowest BCUT2D eigenvalue weighted by molar-refractivity contribution is -0.138. The molecule has 144 valence electrons. The zero-order valence-corrected chi connectivity index (χ0v) is 16.2. The molecule has 0 aliphatic rings. The molecule has 0 spiro atoms. The highest BCUT2D eigenvalue weighted by atomic mass is 16.5. The molecule has 1 aromatic heterocycles. The Hall–Kier alpha value is -3.22. The molecular weight excluding hydrogens is 348 g/mol. The summed E-state index contributed by atoms with van der Waals surface area (Å²) in [6.45, 7) is 3.94. The summed E-state index contributed by atoms with van der Waals surface area (Å²) < 4.78 is 21.2. The van der Waals surface area contributed by atoms with Gasteiger partial charge >= 0.3 is 5.97 Å². The van der Waals surface area contributed by atoms with Gasteiger partial charge in [0.1, 0.15) is 5.70 Å². The molecule has 7 nitrogen and oxygen atoms in total. The molecule has 0 bridgehead atoms. The van der Waals surface area contributed by atoms with Crippen LogP contribution in [0.1, 0.15) is 18.1 Å². The van der Waals surface area contributed by atoms with Crippen LogP contribution in [-0.2, 0) is 9.53 Å². The third kappa shape index (κ3) is 4.91. The molecule has 1 heterocycles. The smallest absolute Gasteiger partial charge is 0.354 e. The molecule has 0 amide bonds. The number of nitrogens with one attached hydrogen (secondary N) is 1. The molecule has 0 fully saturated rings. The average Bonchev–Trinajstić information content (AvgIpc) is 2.68. The van der Waals surface area contributed by atoms with Crippen molar-refractivity contribution < 1.29 is 23.7 Å². The van der Waals surface area contributed by atoms with Crippen LogP contribution < -0.4 is 19.5 Å². The lowest BCUT2D eigenvalue weighted by Gasteiger charge is -2.15. The Morgan fingerprint density at radius 3 is 2.33 bits per heavy atom. The van der Waals surface area contributed by atoms with Gasteiger partial charge in [0.15, 0.2) is 11.5 Å². The number of benzene rings is 1. The molecule has 27 heavy (non-hydrogen) atoms. The van der Waals surface area contributed by atoms with E-state index in [4.69, 9.17) is 18.9 Å². The Bertz CT molecular complexity index is 808. The van der Waals surface area contributed by atoms with Gasteiger partial charge in [0.2, 0.25) is 5.75 Å². The van der Waals surface area contributed by atoms with Crippen LogP contribution >= 0.6 is 0 Å². The van der Waals surface area contributed by atoms with Gasteiger partial charge in [-0.15, -0.1) is 0 Å². The monoisotopic (exact) mass is 372 g/mol. The molecule has 1 aromatic carbocycles. The Balaban J connectivity index is 2.50. The number of aromatic nitrogens is 1. The molecule has 0 saturated carbocycles. The summed E-state index contributed by atoms with van der Waals surface area (Å²) in [4.78, 5) is 16.5. The third-order valence-electron chi connectivity index (χ3n) is 3.80. The molecule has 0 atom stereocenters. The maximum atomic E-state index is 12.4. The second kappa shape index (κ2) is 9.47. The van der Waals surface area contributed by atoms with Crippen molar-refractivity contribution in [2.24, 2.45) is 0 Å². The molecule has 1 N–H and O–H groups in total. The largest absolute Gasteiger partial charge is 0.493 e. The van der Waals surface area contributed by atoms with E-state index in [-0.39, 0.29) is 12.3 Å². The second-order valence-corrected chi connectivity index (χ2v) is 5.55. The summed E-state index contributed by atoms with van der Waals surface area (Å²) in [5.41, 5.74) is 2.61. The average molecular weight is 372 g/mol. The van der Waals surface area contributed by atoms with Crippen molar-refractivity contribution >= 4 is 17.7 Å². The van der Waals surface area contributed by atoms with Crippen LogP contribution in [0.5, 0.6) is 17.2 Å². The second-order valence-electron chi connectivity index (χ2n) is 5.55. The Morgan fingerprint density at radius 2 is 1.81 bits per heavy atom.